The Balaban J connectivity index is 1.59. The number of benzene rings is 1. The molecule has 1 atom stereocenters. The zero-order chi connectivity index (χ0) is 15.2. The molecule has 2 rings (SSSR count). The molecule has 1 aliphatic rings. The summed E-state index contributed by atoms with van der Waals surface area (Å²) in [6, 6.07) is 3.17. The number of hydrogen-bond donors (Lipinski definition) is 2. The summed E-state index contributed by atoms with van der Waals surface area (Å²) < 4.78 is 31.1. The Labute approximate surface area is 122 Å². The number of halogens is 2. The molecule has 0 spiro atoms. The fourth-order valence-corrected chi connectivity index (χ4v) is 2.02. The van der Waals surface area contributed by atoms with Gasteiger partial charge in [0.2, 0.25) is 5.91 Å². The third kappa shape index (κ3) is 5.30. The van der Waals surface area contributed by atoms with Crippen molar-refractivity contribution < 1.29 is 18.3 Å². The van der Waals surface area contributed by atoms with Crippen molar-refractivity contribution in [3.8, 4) is 5.75 Å². The van der Waals surface area contributed by atoms with E-state index in [1.807, 2.05) is 0 Å². The minimum atomic E-state index is -0.741. The Morgan fingerprint density at radius 2 is 2.19 bits per heavy atom. The molecule has 21 heavy (non-hydrogen) atoms. The highest BCUT2D eigenvalue weighted by Crippen LogP contribution is 2.31. The second kappa shape index (κ2) is 7.36. The van der Waals surface area contributed by atoms with Crippen LogP contribution in [0.25, 0.3) is 0 Å². The lowest BCUT2D eigenvalue weighted by Crippen LogP contribution is -2.38. The lowest BCUT2D eigenvalue weighted by molar-refractivity contribution is -0.121. The van der Waals surface area contributed by atoms with Crippen LogP contribution in [0.15, 0.2) is 18.2 Å². The quantitative estimate of drug-likeness (QED) is 0.721. The minimum Gasteiger partial charge on any atom is -0.491 e. The van der Waals surface area contributed by atoms with Gasteiger partial charge >= 0.3 is 0 Å². The van der Waals surface area contributed by atoms with E-state index in [1.165, 1.54) is 6.07 Å². The number of carbonyl (C=O) groups is 1. The van der Waals surface area contributed by atoms with E-state index in [-0.39, 0.29) is 24.3 Å². The van der Waals surface area contributed by atoms with Gasteiger partial charge in [-0.3, -0.25) is 4.79 Å². The summed E-state index contributed by atoms with van der Waals surface area (Å²) in [5.74, 6) is -0.932. The van der Waals surface area contributed by atoms with Gasteiger partial charge in [-0.25, -0.2) is 8.78 Å². The first-order valence-electron chi connectivity index (χ1n) is 7.16. The number of amides is 1. The Bertz CT molecular complexity index is 493. The molecule has 4 nitrogen and oxygen atoms in total. The average molecular weight is 298 g/mol. The van der Waals surface area contributed by atoms with Crippen LogP contribution < -0.4 is 15.8 Å². The van der Waals surface area contributed by atoms with Crippen molar-refractivity contribution in [3.63, 3.8) is 0 Å². The van der Waals surface area contributed by atoms with E-state index in [1.54, 1.807) is 0 Å². The largest absolute Gasteiger partial charge is 0.491 e. The normalized spacial score (nSPS) is 15.6. The van der Waals surface area contributed by atoms with Crippen LogP contribution in [0, 0.1) is 17.6 Å². The maximum Gasteiger partial charge on any atom is 0.220 e. The average Bonchev–Trinajstić information content (AvgIpc) is 3.27. The third-order valence-corrected chi connectivity index (χ3v) is 3.46. The Kier molecular flexibility index (Phi) is 5.50. The summed E-state index contributed by atoms with van der Waals surface area (Å²) >= 11 is 0. The SMILES string of the molecule is NC(CNC(=O)CCCOc1ccc(F)cc1F)C1CC1. The van der Waals surface area contributed by atoms with Crippen LogP contribution in [0.4, 0.5) is 8.78 Å². The smallest absolute Gasteiger partial charge is 0.220 e. The van der Waals surface area contributed by atoms with Gasteiger partial charge in [0.1, 0.15) is 5.82 Å². The third-order valence-electron chi connectivity index (χ3n) is 3.46. The molecule has 3 N–H and O–H groups in total. The van der Waals surface area contributed by atoms with E-state index in [9.17, 15) is 13.6 Å². The van der Waals surface area contributed by atoms with Crippen LogP contribution in [-0.4, -0.2) is 25.1 Å². The van der Waals surface area contributed by atoms with Gasteiger partial charge in [-0.1, -0.05) is 0 Å². The fourth-order valence-electron chi connectivity index (χ4n) is 2.02. The van der Waals surface area contributed by atoms with Gasteiger partial charge in [0, 0.05) is 25.1 Å². The number of ether oxygens (including phenoxy) is 1. The summed E-state index contributed by atoms with van der Waals surface area (Å²) in [7, 11) is 0. The van der Waals surface area contributed by atoms with Crippen molar-refractivity contribution in [2.75, 3.05) is 13.2 Å². The fraction of sp³-hybridized carbons (Fsp3) is 0.533. The van der Waals surface area contributed by atoms with E-state index in [0.29, 0.717) is 25.3 Å². The molecule has 0 saturated heterocycles. The molecule has 1 saturated carbocycles. The Hall–Kier alpha value is -1.69. The van der Waals surface area contributed by atoms with Crippen molar-refractivity contribution in [1.29, 1.82) is 0 Å². The molecule has 1 unspecified atom stereocenters. The number of nitrogens with two attached hydrogens (primary N) is 1. The molecule has 0 heterocycles. The zero-order valence-electron chi connectivity index (χ0n) is 11.8. The molecule has 1 aromatic rings. The topological polar surface area (TPSA) is 64.3 Å². The molecular weight excluding hydrogens is 278 g/mol. The zero-order valence-corrected chi connectivity index (χ0v) is 11.8. The highest BCUT2D eigenvalue weighted by molar-refractivity contribution is 5.75. The molecule has 6 heteroatoms. The summed E-state index contributed by atoms with van der Waals surface area (Å²) in [5.41, 5.74) is 5.88. The van der Waals surface area contributed by atoms with Gasteiger partial charge in [-0.2, -0.15) is 0 Å². The van der Waals surface area contributed by atoms with Gasteiger partial charge in [-0.05, 0) is 37.3 Å². The first-order chi connectivity index (χ1) is 10.1. The van der Waals surface area contributed by atoms with Crippen molar-refractivity contribution >= 4 is 5.91 Å². The van der Waals surface area contributed by atoms with E-state index in [0.717, 1.165) is 25.0 Å². The monoisotopic (exact) mass is 298 g/mol. The first kappa shape index (κ1) is 15.7. The minimum absolute atomic E-state index is 0.00689. The number of hydrogen-bond acceptors (Lipinski definition) is 3. The summed E-state index contributed by atoms with van der Waals surface area (Å²) in [4.78, 5) is 11.6. The lowest BCUT2D eigenvalue weighted by atomic mass is 10.2. The first-order valence-corrected chi connectivity index (χ1v) is 7.16. The van der Waals surface area contributed by atoms with Crippen molar-refractivity contribution in [1.82, 2.24) is 5.32 Å². The lowest BCUT2D eigenvalue weighted by Gasteiger charge is -2.11. The standard InChI is InChI=1S/C15H20F2N2O2/c16-11-5-6-14(12(17)8-11)21-7-1-2-15(20)19-9-13(18)10-3-4-10/h5-6,8,10,13H,1-4,7,9,18H2,(H,19,20). The highest BCUT2D eigenvalue weighted by Gasteiger charge is 2.28. The second-order valence-electron chi connectivity index (χ2n) is 5.33. The van der Waals surface area contributed by atoms with Crippen LogP contribution in [0.1, 0.15) is 25.7 Å². The van der Waals surface area contributed by atoms with Crippen LogP contribution >= 0.6 is 0 Å². The summed E-state index contributed by atoms with van der Waals surface area (Å²) in [6.07, 6.45) is 3.05. The molecule has 0 aliphatic heterocycles. The number of nitrogens with one attached hydrogen (secondary N) is 1. The summed E-state index contributed by atoms with van der Waals surface area (Å²) in [5, 5.41) is 2.78. The molecule has 116 valence electrons. The van der Waals surface area contributed by atoms with Gasteiger partial charge in [-0.15, -0.1) is 0 Å². The molecule has 1 fully saturated rings. The van der Waals surface area contributed by atoms with E-state index < -0.39 is 11.6 Å². The van der Waals surface area contributed by atoms with E-state index in [2.05, 4.69) is 5.32 Å². The Morgan fingerprint density at radius 3 is 2.86 bits per heavy atom. The van der Waals surface area contributed by atoms with Crippen molar-refractivity contribution in [2.24, 2.45) is 11.7 Å². The van der Waals surface area contributed by atoms with Crippen molar-refractivity contribution in [3.05, 3.63) is 29.8 Å². The van der Waals surface area contributed by atoms with Crippen LogP contribution in [0.2, 0.25) is 0 Å². The number of carbonyl (C=O) groups excluding carboxylic acids is 1. The van der Waals surface area contributed by atoms with Crippen molar-refractivity contribution in [2.45, 2.75) is 31.7 Å². The molecule has 0 aromatic heterocycles. The van der Waals surface area contributed by atoms with E-state index >= 15 is 0 Å². The molecule has 1 aromatic carbocycles. The molecule has 0 bridgehead atoms. The van der Waals surface area contributed by atoms with Crippen LogP contribution in [-0.2, 0) is 4.79 Å². The van der Waals surface area contributed by atoms with Gasteiger partial charge in [0.25, 0.3) is 0 Å². The molecule has 1 amide bonds. The highest BCUT2D eigenvalue weighted by atomic mass is 19.1. The number of rotatable bonds is 8. The summed E-state index contributed by atoms with van der Waals surface area (Å²) in [6.45, 7) is 0.696. The molecular formula is C15H20F2N2O2. The van der Waals surface area contributed by atoms with Crippen LogP contribution in [0.3, 0.4) is 0 Å². The predicted molar refractivity (Wildman–Crippen MR) is 74.8 cm³/mol. The van der Waals surface area contributed by atoms with Gasteiger partial charge < -0.3 is 15.8 Å². The maximum absolute atomic E-state index is 13.3. The second-order valence-corrected chi connectivity index (χ2v) is 5.33. The molecule has 0 radical (unpaired) electrons. The van der Waals surface area contributed by atoms with Crippen LogP contribution in [0.5, 0.6) is 5.75 Å². The molecule has 1 aliphatic carbocycles. The van der Waals surface area contributed by atoms with E-state index in [4.69, 9.17) is 10.5 Å². The van der Waals surface area contributed by atoms with Gasteiger partial charge in [0.15, 0.2) is 11.6 Å². The predicted octanol–water partition coefficient (Wildman–Crippen LogP) is 1.98. The maximum atomic E-state index is 13.3. The Morgan fingerprint density at radius 1 is 1.43 bits per heavy atom. The van der Waals surface area contributed by atoms with Gasteiger partial charge in [0.05, 0.1) is 6.61 Å².